The van der Waals surface area contributed by atoms with Crippen LogP contribution in [0.4, 0.5) is 0 Å². The number of carbonyl (C=O) groups is 1. The van der Waals surface area contributed by atoms with E-state index in [0.717, 1.165) is 10.4 Å². The molecule has 1 N–H and O–H groups in total. The largest absolute Gasteiger partial charge is 0.384 e. The molecule has 2 aromatic heterocycles. The van der Waals surface area contributed by atoms with Crippen LogP contribution >= 0.6 is 11.3 Å². The first-order chi connectivity index (χ1) is 10.0. The lowest BCUT2D eigenvalue weighted by Crippen LogP contribution is -2.26. The van der Waals surface area contributed by atoms with Gasteiger partial charge in [0.1, 0.15) is 17.9 Å². The average Bonchev–Trinajstić information content (AvgIpc) is 3.03. The highest BCUT2D eigenvalue weighted by molar-refractivity contribution is 7.10. The first kappa shape index (κ1) is 15.3. The SMILES string of the molecule is Cc1noc(C)c1C(=O)N(C)Cc1csc(C#CCO)c1. The van der Waals surface area contributed by atoms with Gasteiger partial charge >= 0.3 is 0 Å². The van der Waals surface area contributed by atoms with Gasteiger partial charge in [0, 0.05) is 13.6 Å². The summed E-state index contributed by atoms with van der Waals surface area (Å²) in [5.41, 5.74) is 2.13. The number of thiophene rings is 1. The van der Waals surface area contributed by atoms with Crippen molar-refractivity contribution in [1.82, 2.24) is 10.1 Å². The molecule has 6 heteroatoms. The number of hydrogen-bond acceptors (Lipinski definition) is 5. The van der Waals surface area contributed by atoms with Crippen LogP contribution in [0.1, 0.15) is 32.3 Å². The van der Waals surface area contributed by atoms with Crippen LogP contribution in [0.3, 0.4) is 0 Å². The van der Waals surface area contributed by atoms with E-state index in [9.17, 15) is 4.79 Å². The molecule has 0 unspecified atom stereocenters. The number of aromatic nitrogens is 1. The van der Waals surface area contributed by atoms with Gasteiger partial charge in [-0.05, 0) is 30.9 Å². The molecule has 0 aromatic carbocycles. The Morgan fingerprint density at radius 2 is 2.29 bits per heavy atom. The molecule has 0 atom stereocenters. The molecule has 21 heavy (non-hydrogen) atoms. The summed E-state index contributed by atoms with van der Waals surface area (Å²) in [7, 11) is 1.74. The summed E-state index contributed by atoms with van der Waals surface area (Å²) < 4.78 is 5.03. The summed E-state index contributed by atoms with van der Waals surface area (Å²) >= 11 is 1.49. The minimum absolute atomic E-state index is 0.111. The topological polar surface area (TPSA) is 66.6 Å². The Labute approximate surface area is 127 Å². The van der Waals surface area contributed by atoms with Crippen molar-refractivity contribution < 1.29 is 14.4 Å². The molecule has 0 radical (unpaired) electrons. The van der Waals surface area contributed by atoms with Gasteiger partial charge < -0.3 is 14.5 Å². The third-order valence-electron chi connectivity index (χ3n) is 2.96. The Morgan fingerprint density at radius 1 is 1.52 bits per heavy atom. The van der Waals surface area contributed by atoms with Crippen LogP contribution in [0.2, 0.25) is 0 Å². The normalized spacial score (nSPS) is 10.1. The minimum atomic E-state index is -0.155. The third kappa shape index (κ3) is 3.51. The smallest absolute Gasteiger partial charge is 0.259 e. The van der Waals surface area contributed by atoms with E-state index in [0.29, 0.717) is 23.6 Å². The van der Waals surface area contributed by atoms with Crippen LogP contribution < -0.4 is 0 Å². The zero-order valence-electron chi connectivity index (χ0n) is 12.1. The number of amides is 1. The summed E-state index contributed by atoms with van der Waals surface area (Å²) in [5.74, 6) is 5.88. The minimum Gasteiger partial charge on any atom is -0.384 e. The van der Waals surface area contributed by atoms with E-state index < -0.39 is 0 Å². The second-order valence-electron chi connectivity index (χ2n) is 4.64. The lowest BCUT2D eigenvalue weighted by atomic mass is 10.1. The van der Waals surface area contributed by atoms with Crippen molar-refractivity contribution in [2.75, 3.05) is 13.7 Å². The molecule has 0 saturated heterocycles. The molecule has 0 saturated carbocycles. The molecule has 5 nitrogen and oxygen atoms in total. The van der Waals surface area contributed by atoms with Crippen LogP contribution in [0.5, 0.6) is 0 Å². The fourth-order valence-electron chi connectivity index (χ4n) is 1.98. The van der Waals surface area contributed by atoms with Gasteiger partial charge in [-0.15, -0.1) is 11.3 Å². The van der Waals surface area contributed by atoms with E-state index >= 15 is 0 Å². The predicted octanol–water partition coefficient (Wildman–Crippen LogP) is 1.97. The van der Waals surface area contributed by atoms with Gasteiger partial charge in [0.2, 0.25) is 0 Å². The second kappa shape index (κ2) is 6.57. The van der Waals surface area contributed by atoms with E-state index in [1.54, 1.807) is 25.8 Å². The van der Waals surface area contributed by atoms with E-state index in [2.05, 4.69) is 17.0 Å². The number of aliphatic hydroxyl groups is 1. The lowest BCUT2D eigenvalue weighted by molar-refractivity contribution is 0.0783. The molecule has 0 aliphatic heterocycles. The number of nitrogens with zero attached hydrogens (tertiary/aromatic N) is 2. The summed E-state index contributed by atoms with van der Waals surface area (Å²) in [6.07, 6.45) is 0. The van der Waals surface area contributed by atoms with Crippen molar-refractivity contribution >= 4 is 17.2 Å². The van der Waals surface area contributed by atoms with Crippen LogP contribution in [0, 0.1) is 25.7 Å². The first-order valence-corrected chi connectivity index (χ1v) is 7.26. The number of hydrogen-bond donors (Lipinski definition) is 1. The number of rotatable bonds is 3. The summed E-state index contributed by atoms with van der Waals surface area (Å²) in [4.78, 5) is 14.9. The van der Waals surface area contributed by atoms with Gasteiger partial charge in [-0.2, -0.15) is 0 Å². The van der Waals surface area contributed by atoms with Gasteiger partial charge in [-0.1, -0.05) is 17.0 Å². The fraction of sp³-hybridized carbons (Fsp3) is 0.333. The second-order valence-corrected chi connectivity index (χ2v) is 5.55. The molecule has 2 heterocycles. The van der Waals surface area contributed by atoms with Crippen molar-refractivity contribution in [3.8, 4) is 11.8 Å². The Hall–Kier alpha value is -2.10. The predicted molar refractivity (Wildman–Crippen MR) is 80.1 cm³/mol. The molecule has 1 amide bonds. The van der Waals surface area contributed by atoms with Gasteiger partial charge in [-0.25, -0.2) is 0 Å². The Balaban J connectivity index is 2.09. The molecular weight excluding hydrogens is 288 g/mol. The molecular formula is C15H16N2O3S. The Morgan fingerprint density at radius 3 is 2.90 bits per heavy atom. The Kier molecular flexibility index (Phi) is 4.78. The number of aryl methyl sites for hydroxylation is 2. The van der Waals surface area contributed by atoms with Crippen molar-refractivity contribution in [2.45, 2.75) is 20.4 Å². The number of carbonyl (C=O) groups excluding carboxylic acids is 1. The van der Waals surface area contributed by atoms with E-state index in [-0.39, 0.29) is 12.5 Å². The highest BCUT2D eigenvalue weighted by Crippen LogP contribution is 2.18. The monoisotopic (exact) mass is 304 g/mol. The van der Waals surface area contributed by atoms with Crippen LogP contribution in [0.25, 0.3) is 0 Å². The van der Waals surface area contributed by atoms with Crippen molar-refractivity contribution in [3.63, 3.8) is 0 Å². The quantitative estimate of drug-likeness (QED) is 0.880. The van der Waals surface area contributed by atoms with Crippen molar-refractivity contribution in [1.29, 1.82) is 0 Å². The summed E-state index contributed by atoms with van der Waals surface area (Å²) in [5, 5.41) is 14.4. The van der Waals surface area contributed by atoms with Gasteiger partial charge in [0.25, 0.3) is 5.91 Å². The molecule has 110 valence electrons. The maximum absolute atomic E-state index is 12.4. The lowest BCUT2D eigenvalue weighted by Gasteiger charge is -2.16. The molecule has 0 aliphatic carbocycles. The highest BCUT2D eigenvalue weighted by Gasteiger charge is 2.21. The fourth-order valence-corrected chi connectivity index (χ4v) is 2.75. The third-order valence-corrected chi connectivity index (χ3v) is 3.85. The van der Waals surface area contributed by atoms with Gasteiger partial charge in [0.05, 0.1) is 10.6 Å². The zero-order chi connectivity index (χ0) is 15.4. The van der Waals surface area contributed by atoms with Crippen LogP contribution in [-0.4, -0.2) is 34.7 Å². The molecule has 0 fully saturated rings. The molecule has 2 aromatic rings. The highest BCUT2D eigenvalue weighted by atomic mass is 32.1. The molecule has 2 rings (SSSR count). The van der Waals surface area contributed by atoms with Crippen molar-refractivity contribution in [3.05, 3.63) is 38.9 Å². The standard InChI is InChI=1S/C15H16N2O3S/c1-10-14(11(2)20-16-10)15(19)17(3)8-12-7-13(21-9-12)5-4-6-18/h7,9,18H,6,8H2,1-3H3. The maximum Gasteiger partial charge on any atom is 0.259 e. The molecule has 0 spiro atoms. The molecule has 0 bridgehead atoms. The van der Waals surface area contributed by atoms with E-state index in [1.807, 2.05) is 11.4 Å². The zero-order valence-corrected chi connectivity index (χ0v) is 13.0. The molecule has 0 aliphatic rings. The van der Waals surface area contributed by atoms with Crippen molar-refractivity contribution in [2.24, 2.45) is 0 Å². The number of aliphatic hydroxyl groups excluding tert-OH is 1. The van der Waals surface area contributed by atoms with Gasteiger partial charge in [0.15, 0.2) is 0 Å². The van der Waals surface area contributed by atoms with Crippen LogP contribution in [-0.2, 0) is 6.54 Å². The maximum atomic E-state index is 12.4. The summed E-state index contributed by atoms with van der Waals surface area (Å²) in [6, 6.07) is 1.92. The Bertz CT molecular complexity index is 687. The van der Waals surface area contributed by atoms with E-state index in [4.69, 9.17) is 9.63 Å². The summed E-state index contributed by atoms with van der Waals surface area (Å²) in [6.45, 7) is 3.82. The first-order valence-electron chi connectivity index (χ1n) is 6.38. The van der Waals surface area contributed by atoms with E-state index in [1.165, 1.54) is 11.3 Å². The average molecular weight is 304 g/mol. The van der Waals surface area contributed by atoms with Gasteiger partial charge in [-0.3, -0.25) is 4.79 Å². The van der Waals surface area contributed by atoms with Crippen LogP contribution in [0.15, 0.2) is 16.0 Å².